The number of amides is 2. The molecule has 1 aromatic carbocycles. The maximum absolute atomic E-state index is 12.5. The van der Waals surface area contributed by atoms with Crippen molar-refractivity contribution in [2.75, 3.05) is 19.6 Å². The van der Waals surface area contributed by atoms with Gasteiger partial charge in [-0.1, -0.05) is 35.5 Å². The second-order valence-corrected chi connectivity index (χ2v) is 5.76. The van der Waals surface area contributed by atoms with Crippen LogP contribution in [-0.4, -0.2) is 41.5 Å². The molecule has 0 spiro atoms. The number of rotatable bonds is 2. The summed E-state index contributed by atoms with van der Waals surface area (Å²) in [6, 6.07) is 11.2. The van der Waals surface area contributed by atoms with Gasteiger partial charge in [0.25, 0.3) is 5.91 Å². The minimum atomic E-state index is -0.173. The molecule has 2 saturated heterocycles. The Morgan fingerprint density at radius 1 is 1.27 bits per heavy atom. The lowest BCUT2D eigenvalue weighted by molar-refractivity contribution is -0.122. The van der Waals surface area contributed by atoms with E-state index in [4.69, 9.17) is 4.52 Å². The van der Waals surface area contributed by atoms with Gasteiger partial charge in [-0.2, -0.15) is 0 Å². The van der Waals surface area contributed by atoms with E-state index in [1.54, 1.807) is 11.0 Å². The van der Waals surface area contributed by atoms with Crippen LogP contribution in [0.1, 0.15) is 10.5 Å². The molecule has 2 aromatic rings. The predicted molar refractivity (Wildman–Crippen MR) is 77.8 cm³/mol. The van der Waals surface area contributed by atoms with Crippen LogP contribution in [0, 0.1) is 11.8 Å². The van der Waals surface area contributed by atoms with Crippen LogP contribution < -0.4 is 5.32 Å². The number of hydrogen-bond donors (Lipinski definition) is 1. The number of carbonyl (C=O) groups is 2. The first-order valence-electron chi connectivity index (χ1n) is 7.31. The van der Waals surface area contributed by atoms with Gasteiger partial charge in [0.1, 0.15) is 0 Å². The van der Waals surface area contributed by atoms with Gasteiger partial charge in [0.2, 0.25) is 5.91 Å². The number of carbonyl (C=O) groups excluding carboxylic acids is 2. The second kappa shape index (κ2) is 4.98. The van der Waals surface area contributed by atoms with Crippen molar-refractivity contribution in [2.24, 2.45) is 11.8 Å². The number of benzene rings is 1. The Balaban J connectivity index is 1.52. The number of nitrogens with one attached hydrogen (secondary N) is 1. The fraction of sp³-hybridized carbons (Fsp3) is 0.312. The fourth-order valence-electron chi connectivity index (χ4n) is 3.18. The largest absolute Gasteiger partial charge is 0.355 e. The van der Waals surface area contributed by atoms with Crippen molar-refractivity contribution in [3.05, 3.63) is 42.1 Å². The second-order valence-electron chi connectivity index (χ2n) is 5.76. The van der Waals surface area contributed by atoms with Gasteiger partial charge in [0.05, 0.1) is 5.92 Å². The first kappa shape index (κ1) is 13.1. The van der Waals surface area contributed by atoms with E-state index in [-0.39, 0.29) is 23.7 Å². The molecule has 3 heterocycles. The number of hydrogen-bond acceptors (Lipinski definition) is 4. The first-order valence-corrected chi connectivity index (χ1v) is 7.31. The minimum Gasteiger partial charge on any atom is -0.355 e. The highest BCUT2D eigenvalue weighted by atomic mass is 16.5. The third-order valence-corrected chi connectivity index (χ3v) is 4.39. The molecule has 0 aliphatic carbocycles. The molecule has 0 unspecified atom stereocenters. The number of fused-ring (bicyclic) bond motifs is 1. The minimum absolute atomic E-state index is 0.0467. The molecule has 1 N–H and O–H groups in total. The molecule has 112 valence electrons. The Bertz CT molecular complexity index is 725. The molecular weight excluding hydrogens is 282 g/mol. The molecule has 0 saturated carbocycles. The SMILES string of the molecule is O=C1NC[C@H]2CN(C(=O)c3cc(-c4ccccc4)on3)C[C@@H]12. The molecule has 2 fully saturated rings. The van der Waals surface area contributed by atoms with Crippen molar-refractivity contribution in [2.45, 2.75) is 0 Å². The number of aromatic nitrogens is 1. The lowest BCUT2D eigenvalue weighted by Crippen LogP contribution is -2.33. The van der Waals surface area contributed by atoms with Crippen LogP contribution in [0.15, 0.2) is 40.9 Å². The topological polar surface area (TPSA) is 75.4 Å². The van der Waals surface area contributed by atoms with Crippen LogP contribution in [0.25, 0.3) is 11.3 Å². The van der Waals surface area contributed by atoms with Gasteiger partial charge in [-0.15, -0.1) is 0 Å². The zero-order valence-electron chi connectivity index (χ0n) is 11.9. The standard InChI is InChI=1S/C16H15N3O3/c20-15-12-9-19(8-11(12)7-17-15)16(21)13-6-14(22-18-13)10-4-2-1-3-5-10/h1-6,11-12H,7-9H2,(H,17,20)/t11-,12+/m0/s1. The van der Waals surface area contributed by atoms with Crippen molar-refractivity contribution in [3.63, 3.8) is 0 Å². The maximum atomic E-state index is 12.5. The Labute approximate surface area is 127 Å². The van der Waals surface area contributed by atoms with Crippen molar-refractivity contribution in [1.82, 2.24) is 15.4 Å². The summed E-state index contributed by atoms with van der Waals surface area (Å²) in [7, 11) is 0. The Hall–Kier alpha value is -2.63. The van der Waals surface area contributed by atoms with Gasteiger partial charge in [-0.05, 0) is 0 Å². The normalized spacial score (nSPS) is 23.5. The van der Waals surface area contributed by atoms with Crippen LogP contribution >= 0.6 is 0 Å². The fourth-order valence-corrected chi connectivity index (χ4v) is 3.18. The quantitative estimate of drug-likeness (QED) is 0.902. The van der Waals surface area contributed by atoms with E-state index < -0.39 is 0 Å². The van der Waals surface area contributed by atoms with Gasteiger partial charge in [0.15, 0.2) is 11.5 Å². The van der Waals surface area contributed by atoms with E-state index in [1.807, 2.05) is 30.3 Å². The number of nitrogens with zero attached hydrogens (tertiary/aromatic N) is 2. The van der Waals surface area contributed by atoms with Gasteiger partial charge in [-0.3, -0.25) is 9.59 Å². The Morgan fingerprint density at radius 2 is 2.09 bits per heavy atom. The van der Waals surface area contributed by atoms with E-state index in [1.165, 1.54) is 0 Å². The highest BCUT2D eigenvalue weighted by Gasteiger charge is 2.44. The Morgan fingerprint density at radius 3 is 2.86 bits per heavy atom. The average molecular weight is 297 g/mol. The summed E-state index contributed by atoms with van der Waals surface area (Å²) in [5, 5.41) is 6.72. The van der Waals surface area contributed by atoms with E-state index in [0.717, 1.165) is 5.56 Å². The van der Waals surface area contributed by atoms with Crippen molar-refractivity contribution < 1.29 is 14.1 Å². The lowest BCUT2D eigenvalue weighted by Gasteiger charge is -2.15. The molecule has 2 aliphatic heterocycles. The molecule has 4 rings (SSSR count). The van der Waals surface area contributed by atoms with Crippen LogP contribution in [0.3, 0.4) is 0 Å². The first-order chi connectivity index (χ1) is 10.7. The van der Waals surface area contributed by atoms with E-state index >= 15 is 0 Å². The van der Waals surface area contributed by atoms with Crippen LogP contribution in [0.5, 0.6) is 0 Å². The molecule has 6 nitrogen and oxygen atoms in total. The highest BCUT2D eigenvalue weighted by molar-refractivity contribution is 5.94. The summed E-state index contributed by atoms with van der Waals surface area (Å²) in [6.07, 6.45) is 0. The average Bonchev–Trinajstić information content (AvgIpc) is 3.25. The molecule has 2 amide bonds. The third kappa shape index (κ3) is 2.07. The smallest absolute Gasteiger partial charge is 0.276 e. The molecule has 1 aromatic heterocycles. The van der Waals surface area contributed by atoms with E-state index in [2.05, 4.69) is 10.5 Å². The molecule has 6 heteroatoms. The van der Waals surface area contributed by atoms with Gasteiger partial charge in [0, 0.05) is 37.2 Å². The maximum Gasteiger partial charge on any atom is 0.276 e. The van der Waals surface area contributed by atoms with Crippen LogP contribution in [0.2, 0.25) is 0 Å². The van der Waals surface area contributed by atoms with Gasteiger partial charge < -0.3 is 14.7 Å². The van der Waals surface area contributed by atoms with Gasteiger partial charge in [-0.25, -0.2) is 0 Å². The Kier molecular flexibility index (Phi) is 2.96. The molecule has 0 radical (unpaired) electrons. The lowest BCUT2D eigenvalue weighted by atomic mass is 10.0. The summed E-state index contributed by atoms with van der Waals surface area (Å²) in [6.45, 7) is 1.71. The molecule has 0 bridgehead atoms. The molecule has 22 heavy (non-hydrogen) atoms. The molecule has 2 atom stereocenters. The van der Waals surface area contributed by atoms with E-state index in [9.17, 15) is 9.59 Å². The van der Waals surface area contributed by atoms with Crippen molar-refractivity contribution in [1.29, 1.82) is 0 Å². The van der Waals surface area contributed by atoms with Crippen molar-refractivity contribution >= 4 is 11.8 Å². The van der Waals surface area contributed by atoms with Crippen molar-refractivity contribution in [3.8, 4) is 11.3 Å². The zero-order chi connectivity index (χ0) is 15.1. The zero-order valence-corrected chi connectivity index (χ0v) is 11.9. The third-order valence-electron chi connectivity index (χ3n) is 4.39. The monoisotopic (exact) mass is 297 g/mol. The van der Waals surface area contributed by atoms with E-state index in [0.29, 0.717) is 31.1 Å². The molecular formula is C16H15N3O3. The summed E-state index contributed by atoms with van der Waals surface area (Å²) < 4.78 is 5.27. The van der Waals surface area contributed by atoms with Gasteiger partial charge >= 0.3 is 0 Å². The van der Waals surface area contributed by atoms with Crippen LogP contribution in [-0.2, 0) is 4.79 Å². The summed E-state index contributed by atoms with van der Waals surface area (Å²) >= 11 is 0. The van der Waals surface area contributed by atoms with Crippen LogP contribution in [0.4, 0.5) is 0 Å². The summed E-state index contributed by atoms with van der Waals surface area (Å²) in [5.74, 6) is 0.584. The molecule has 2 aliphatic rings. The number of likely N-dealkylation sites (tertiary alicyclic amines) is 1. The summed E-state index contributed by atoms with van der Waals surface area (Å²) in [5.41, 5.74) is 1.17. The highest BCUT2D eigenvalue weighted by Crippen LogP contribution is 2.29. The summed E-state index contributed by atoms with van der Waals surface area (Å²) in [4.78, 5) is 25.9. The predicted octanol–water partition coefficient (Wildman–Crippen LogP) is 1.16.